The van der Waals surface area contributed by atoms with E-state index in [-0.39, 0.29) is 18.1 Å². The molecule has 2 aliphatic carbocycles. The number of nitrogens with one attached hydrogen (secondary N) is 3. The molecule has 1 amide bonds. The van der Waals surface area contributed by atoms with Gasteiger partial charge in [0.2, 0.25) is 5.88 Å². The van der Waals surface area contributed by atoms with Crippen LogP contribution in [0.3, 0.4) is 0 Å². The highest BCUT2D eigenvalue weighted by Gasteiger charge is 2.31. The van der Waals surface area contributed by atoms with Gasteiger partial charge >= 0.3 is 0 Å². The summed E-state index contributed by atoms with van der Waals surface area (Å²) < 4.78 is 7.44. The number of carbonyl (C=O) groups is 1. The first kappa shape index (κ1) is 18.6. The van der Waals surface area contributed by atoms with Gasteiger partial charge in [-0.05, 0) is 37.8 Å². The van der Waals surface area contributed by atoms with Crippen LogP contribution in [0.4, 0.5) is 17.3 Å². The average molecular weight is 409 g/mol. The Labute approximate surface area is 172 Å². The monoisotopic (exact) mass is 409 g/mol. The van der Waals surface area contributed by atoms with Gasteiger partial charge in [0.1, 0.15) is 29.0 Å². The Bertz CT molecular complexity index is 1100. The van der Waals surface area contributed by atoms with Crippen molar-refractivity contribution in [3.05, 3.63) is 36.2 Å². The number of rotatable bonds is 7. The van der Waals surface area contributed by atoms with Gasteiger partial charge in [-0.25, -0.2) is 9.97 Å². The molecular formula is C20H23N7O3. The van der Waals surface area contributed by atoms with Crippen molar-refractivity contribution in [3.63, 3.8) is 0 Å². The summed E-state index contributed by atoms with van der Waals surface area (Å²) in [5.74, 6) is 1.41. The summed E-state index contributed by atoms with van der Waals surface area (Å²) in [6.45, 7) is 0. The maximum Gasteiger partial charge on any atom is 0.257 e. The van der Waals surface area contributed by atoms with Crippen molar-refractivity contribution in [2.45, 2.75) is 43.9 Å². The number of hydrogen-bond donors (Lipinski definition) is 4. The molecule has 156 valence electrons. The molecule has 5 rings (SSSR count). The minimum absolute atomic E-state index is 0.218. The summed E-state index contributed by atoms with van der Waals surface area (Å²) in [4.78, 5) is 21.7. The van der Waals surface area contributed by atoms with Crippen LogP contribution in [0.5, 0.6) is 5.88 Å². The molecule has 3 heterocycles. The molecule has 0 bridgehead atoms. The van der Waals surface area contributed by atoms with Crippen LogP contribution in [-0.2, 0) is 0 Å². The fraction of sp³-hybridized carbons (Fsp3) is 0.400. The molecule has 2 unspecified atom stereocenters. The lowest BCUT2D eigenvalue weighted by atomic mass is 9.89. The third kappa shape index (κ3) is 3.50. The third-order valence-electron chi connectivity index (χ3n) is 5.36. The molecule has 3 aromatic heterocycles. The molecule has 0 spiro atoms. The van der Waals surface area contributed by atoms with Crippen LogP contribution in [0.1, 0.15) is 36.0 Å². The number of aliphatic hydroxyl groups is 1. The Morgan fingerprint density at radius 2 is 2.17 bits per heavy atom. The minimum Gasteiger partial charge on any atom is -0.473 e. The highest BCUT2D eigenvalue weighted by atomic mass is 16.5. The lowest BCUT2D eigenvalue weighted by Gasteiger charge is -2.32. The zero-order valence-corrected chi connectivity index (χ0v) is 16.5. The lowest BCUT2D eigenvalue weighted by molar-refractivity contribution is 0.0448. The number of fused-ring (bicyclic) bond motifs is 1. The second-order valence-corrected chi connectivity index (χ2v) is 7.59. The molecule has 2 saturated carbocycles. The van der Waals surface area contributed by atoms with E-state index in [1.807, 2.05) is 12.1 Å². The van der Waals surface area contributed by atoms with Gasteiger partial charge in [0, 0.05) is 19.3 Å². The number of pyridine rings is 1. The van der Waals surface area contributed by atoms with Crippen molar-refractivity contribution in [2.24, 2.45) is 0 Å². The Morgan fingerprint density at radius 3 is 2.87 bits per heavy atom. The maximum atomic E-state index is 12.7. The number of nitrogens with zero attached hydrogens (tertiary/aromatic N) is 4. The smallest absolute Gasteiger partial charge is 0.257 e. The third-order valence-corrected chi connectivity index (χ3v) is 5.36. The van der Waals surface area contributed by atoms with Gasteiger partial charge in [0.15, 0.2) is 5.65 Å². The average Bonchev–Trinajstić information content (AvgIpc) is 3.47. The topological polar surface area (TPSA) is 126 Å². The highest BCUT2D eigenvalue weighted by molar-refractivity contribution is 6.00. The molecule has 2 atom stereocenters. The van der Waals surface area contributed by atoms with Gasteiger partial charge in [-0.3, -0.25) is 4.79 Å². The Morgan fingerprint density at radius 1 is 1.30 bits per heavy atom. The van der Waals surface area contributed by atoms with Crippen LogP contribution in [0, 0.1) is 0 Å². The van der Waals surface area contributed by atoms with Crippen molar-refractivity contribution in [1.82, 2.24) is 24.9 Å². The number of anilines is 3. The first-order valence-corrected chi connectivity index (χ1v) is 10.1. The molecule has 0 aromatic carbocycles. The van der Waals surface area contributed by atoms with Gasteiger partial charge in [-0.2, -0.15) is 9.61 Å². The van der Waals surface area contributed by atoms with E-state index in [0.717, 1.165) is 19.3 Å². The fourth-order valence-electron chi connectivity index (χ4n) is 3.32. The van der Waals surface area contributed by atoms with Crippen molar-refractivity contribution < 1.29 is 14.6 Å². The fourth-order valence-corrected chi connectivity index (χ4v) is 3.32. The van der Waals surface area contributed by atoms with E-state index >= 15 is 0 Å². The number of carbonyl (C=O) groups excluding carboxylic acids is 1. The van der Waals surface area contributed by atoms with Crippen LogP contribution in [0.15, 0.2) is 30.6 Å². The van der Waals surface area contributed by atoms with Gasteiger partial charge in [0.25, 0.3) is 5.91 Å². The molecule has 0 radical (unpaired) electrons. The van der Waals surface area contributed by atoms with E-state index in [2.05, 4.69) is 31.0 Å². The second-order valence-electron chi connectivity index (χ2n) is 7.59. The number of ether oxygens (including phenoxy) is 1. The van der Waals surface area contributed by atoms with Crippen LogP contribution < -0.4 is 20.7 Å². The summed E-state index contributed by atoms with van der Waals surface area (Å²) in [6, 6.07) is 5.26. The minimum atomic E-state index is -0.496. The van der Waals surface area contributed by atoms with Gasteiger partial charge in [-0.15, -0.1) is 0 Å². The number of hydrogen-bond acceptors (Lipinski definition) is 8. The molecule has 30 heavy (non-hydrogen) atoms. The van der Waals surface area contributed by atoms with E-state index in [0.29, 0.717) is 40.8 Å². The van der Waals surface area contributed by atoms with Crippen molar-refractivity contribution in [2.75, 3.05) is 17.7 Å². The van der Waals surface area contributed by atoms with Gasteiger partial charge in [0.05, 0.1) is 18.3 Å². The summed E-state index contributed by atoms with van der Waals surface area (Å²) in [5, 5.41) is 23.2. The molecule has 0 saturated heterocycles. The number of aromatic nitrogens is 4. The summed E-state index contributed by atoms with van der Waals surface area (Å²) in [6.07, 6.45) is 6.43. The van der Waals surface area contributed by atoms with E-state index in [9.17, 15) is 9.90 Å². The SMILES string of the molecule is CNc1cc(Nc2cccnc2OC2CC2)nc2c(C(=O)NC3CCC3O)cnn12. The van der Waals surface area contributed by atoms with Crippen LogP contribution in [-0.4, -0.2) is 55.9 Å². The van der Waals surface area contributed by atoms with E-state index in [1.165, 1.54) is 6.20 Å². The Hall–Kier alpha value is -3.40. The van der Waals surface area contributed by atoms with Crippen molar-refractivity contribution in [1.29, 1.82) is 0 Å². The maximum absolute atomic E-state index is 12.7. The first-order chi connectivity index (χ1) is 14.6. The van der Waals surface area contributed by atoms with Crippen molar-refractivity contribution >= 4 is 28.9 Å². The molecule has 0 aliphatic heterocycles. The molecule has 4 N–H and O–H groups in total. The quantitative estimate of drug-likeness (QED) is 0.465. The van der Waals surface area contributed by atoms with E-state index in [1.54, 1.807) is 23.8 Å². The molecule has 10 heteroatoms. The molecule has 2 aliphatic rings. The van der Waals surface area contributed by atoms with Crippen LogP contribution in [0.2, 0.25) is 0 Å². The lowest BCUT2D eigenvalue weighted by Crippen LogP contribution is -2.50. The normalized spacial score (nSPS) is 20.5. The molecular weight excluding hydrogens is 386 g/mol. The molecule has 3 aromatic rings. The second kappa shape index (κ2) is 7.45. The predicted octanol–water partition coefficient (Wildman–Crippen LogP) is 1.70. The van der Waals surface area contributed by atoms with Crippen LogP contribution in [0.25, 0.3) is 5.65 Å². The predicted molar refractivity (Wildman–Crippen MR) is 110 cm³/mol. The van der Waals surface area contributed by atoms with Crippen LogP contribution >= 0.6 is 0 Å². The van der Waals surface area contributed by atoms with Gasteiger partial charge < -0.3 is 25.8 Å². The molecule has 10 nitrogen and oxygen atoms in total. The number of aliphatic hydroxyl groups excluding tert-OH is 1. The van der Waals surface area contributed by atoms with Crippen molar-refractivity contribution in [3.8, 4) is 5.88 Å². The summed E-state index contributed by atoms with van der Waals surface area (Å²) in [7, 11) is 1.77. The zero-order valence-electron chi connectivity index (χ0n) is 16.5. The Balaban J connectivity index is 1.46. The molecule has 2 fully saturated rings. The largest absolute Gasteiger partial charge is 0.473 e. The summed E-state index contributed by atoms with van der Waals surface area (Å²) in [5.41, 5.74) is 1.45. The zero-order chi connectivity index (χ0) is 20.7. The van der Waals surface area contributed by atoms with Gasteiger partial charge in [-0.1, -0.05) is 0 Å². The first-order valence-electron chi connectivity index (χ1n) is 10.1. The van der Waals surface area contributed by atoms with E-state index < -0.39 is 6.10 Å². The highest BCUT2D eigenvalue weighted by Crippen LogP contribution is 2.32. The van der Waals surface area contributed by atoms with E-state index in [4.69, 9.17) is 4.74 Å². The summed E-state index contributed by atoms with van der Waals surface area (Å²) >= 11 is 0. The standard InChI is InChI=1S/C20H23N7O3/c1-21-17-9-16(24-14-3-2-8-22-20(14)30-11-4-5-11)26-18-12(10-23-27(17)18)19(29)25-13-6-7-15(13)28/h2-3,8-11,13,15,21,28H,4-7H2,1H3,(H,24,26)(H,25,29). The Kier molecular flexibility index (Phi) is 4.62. The number of amides is 1.